The lowest BCUT2D eigenvalue weighted by atomic mass is 9.98. The van der Waals surface area contributed by atoms with Crippen LogP contribution in [0.15, 0.2) is 42.5 Å². The Balaban J connectivity index is 2.53. The second-order valence-electron chi connectivity index (χ2n) is 4.44. The minimum atomic E-state index is -0.822. The zero-order valence-corrected chi connectivity index (χ0v) is 12.0. The molecule has 0 fully saturated rings. The third-order valence-electron chi connectivity index (χ3n) is 2.76. The van der Waals surface area contributed by atoms with E-state index < -0.39 is 17.7 Å². The second-order valence-corrected chi connectivity index (χ2v) is 4.88. The molecule has 2 aromatic rings. The van der Waals surface area contributed by atoms with Crippen molar-refractivity contribution in [2.24, 2.45) is 0 Å². The average Bonchev–Trinajstić information content (AvgIpc) is 2.45. The SMILES string of the molecule is C[C@H](O)C#Cc1ccc(Cl)cc1C(=O)c1ccccc1F. The van der Waals surface area contributed by atoms with Gasteiger partial charge in [0.25, 0.3) is 0 Å². The Bertz CT molecular complexity index is 742. The molecule has 4 heteroatoms. The third kappa shape index (κ3) is 3.69. The average molecular weight is 303 g/mol. The Morgan fingerprint density at radius 3 is 2.62 bits per heavy atom. The second kappa shape index (κ2) is 6.53. The predicted molar refractivity (Wildman–Crippen MR) is 79.8 cm³/mol. The molecule has 0 aromatic heterocycles. The van der Waals surface area contributed by atoms with Crippen molar-refractivity contribution in [1.82, 2.24) is 0 Å². The Hall–Kier alpha value is -2.15. The summed E-state index contributed by atoms with van der Waals surface area (Å²) < 4.78 is 13.7. The van der Waals surface area contributed by atoms with Gasteiger partial charge in [-0.05, 0) is 37.3 Å². The number of hydrogen-bond acceptors (Lipinski definition) is 2. The van der Waals surface area contributed by atoms with Gasteiger partial charge in [0.05, 0.1) is 5.56 Å². The molecule has 2 nitrogen and oxygen atoms in total. The molecule has 0 aliphatic heterocycles. The first kappa shape index (κ1) is 15.2. The molecule has 0 aliphatic rings. The lowest BCUT2D eigenvalue weighted by Gasteiger charge is -2.06. The van der Waals surface area contributed by atoms with Crippen LogP contribution in [0.3, 0.4) is 0 Å². The van der Waals surface area contributed by atoms with Crippen LogP contribution in [0.4, 0.5) is 4.39 Å². The molecule has 1 N–H and O–H groups in total. The summed E-state index contributed by atoms with van der Waals surface area (Å²) in [6, 6.07) is 10.3. The van der Waals surface area contributed by atoms with Crippen molar-refractivity contribution in [1.29, 1.82) is 0 Å². The van der Waals surface area contributed by atoms with Crippen LogP contribution < -0.4 is 0 Å². The lowest BCUT2D eigenvalue weighted by molar-refractivity contribution is 0.103. The zero-order valence-electron chi connectivity index (χ0n) is 11.2. The van der Waals surface area contributed by atoms with Crippen LogP contribution in [-0.4, -0.2) is 17.0 Å². The van der Waals surface area contributed by atoms with Gasteiger partial charge < -0.3 is 5.11 Å². The van der Waals surface area contributed by atoms with Crippen molar-refractivity contribution in [3.63, 3.8) is 0 Å². The van der Waals surface area contributed by atoms with E-state index in [0.717, 1.165) is 0 Å². The summed E-state index contributed by atoms with van der Waals surface area (Å²) in [7, 11) is 0. The van der Waals surface area contributed by atoms with Crippen LogP contribution in [-0.2, 0) is 0 Å². The number of carbonyl (C=O) groups is 1. The summed E-state index contributed by atoms with van der Waals surface area (Å²) in [5.74, 6) is 4.17. The van der Waals surface area contributed by atoms with Crippen LogP contribution in [0.5, 0.6) is 0 Å². The first-order valence-corrected chi connectivity index (χ1v) is 6.65. The van der Waals surface area contributed by atoms with Crippen molar-refractivity contribution in [2.75, 3.05) is 0 Å². The number of hydrogen-bond donors (Lipinski definition) is 1. The maximum atomic E-state index is 13.7. The first-order valence-electron chi connectivity index (χ1n) is 6.27. The molecule has 0 heterocycles. The fraction of sp³-hybridized carbons (Fsp3) is 0.118. The largest absolute Gasteiger partial charge is 0.381 e. The van der Waals surface area contributed by atoms with E-state index in [1.54, 1.807) is 18.2 Å². The highest BCUT2D eigenvalue weighted by Crippen LogP contribution is 2.20. The summed E-state index contributed by atoms with van der Waals surface area (Å²) in [4.78, 5) is 12.5. The van der Waals surface area contributed by atoms with Gasteiger partial charge in [-0.15, -0.1) is 0 Å². The summed E-state index contributed by atoms with van der Waals surface area (Å²) in [6.07, 6.45) is -0.822. The number of benzene rings is 2. The highest BCUT2D eigenvalue weighted by Gasteiger charge is 2.16. The molecule has 1 atom stereocenters. The number of carbonyl (C=O) groups excluding carboxylic acids is 1. The topological polar surface area (TPSA) is 37.3 Å². The predicted octanol–water partition coefficient (Wildman–Crippen LogP) is 3.44. The Labute approximate surface area is 127 Å². The van der Waals surface area contributed by atoms with Crippen LogP contribution in [0, 0.1) is 17.7 Å². The van der Waals surface area contributed by atoms with Gasteiger partial charge in [-0.25, -0.2) is 4.39 Å². The van der Waals surface area contributed by atoms with Crippen molar-refractivity contribution in [3.8, 4) is 11.8 Å². The van der Waals surface area contributed by atoms with Crippen molar-refractivity contribution < 1.29 is 14.3 Å². The molecule has 0 radical (unpaired) electrons. The molecular weight excluding hydrogens is 291 g/mol. The fourth-order valence-electron chi connectivity index (χ4n) is 1.79. The van der Waals surface area contributed by atoms with Gasteiger partial charge in [0.15, 0.2) is 5.78 Å². The van der Waals surface area contributed by atoms with Gasteiger partial charge in [-0.3, -0.25) is 4.79 Å². The highest BCUT2D eigenvalue weighted by molar-refractivity contribution is 6.31. The van der Waals surface area contributed by atoms with Crippen LogP contribution in [0.1, 0.15) is 28.4 Å². The zero-order chi connectivity index (χ0) is 15.4. The molecule has 21 heavy (non-hydrogen) atoms. The summed E-state index contributed by atoms with van der Waals surface area (Å²) in [5, 5.41) is 9.57. The molecule has 0 bridgehead atoms. The van der Waals surface area contributed by atoms with Crippen LogP contribution in [0.25, 0.3) is 0 Å². The number of aliphatic hydroxyl groups excluding tert-OH is 1. The molecule has 0 saturated carbocycles. The lowest BCUT2D eigenvalue weighted by Crippen LogP contribution is -2.06. The highest BCUT2D eigenvalue weighted by atomic mass is 35.5. The van der Waals surface area contributed by atoms with Crippen LogP contribution in [0.2, 0.25) is 5.02 Å². The molecule has 106 valence electrons. The fourth-order valence-corrected chi connectivity index (χ4v) is 1.96. The molecule has 0 amide bonds. The van der Waals surface area contributed by atoms with E-state index in [1.165, 1.54) is 31.2 Å². The normalized spacial score (nSPS) is 11.4. The molecule has 2 aromatic carbocycles. The maximum absolute atomic E-state index is 13.7. The van der Waals surface area contributed by atoms with Crippen molar-refractivity contribution >= 4 is 17.4 Å². The summed E-state index contributed by atoms with van der Waals surface area (Å²) in [5.41, 5.74) is 0.564. The van der Waals surface area contributed by atoms with Gasteiger partial charge in [-0.1, -0.05) is 35.6 Å². The van der Waals surface area contributed by atoms with Crippen LogP contribution >= 0.6 is 11.6 Å². The maximum Gasteiger partial charge on any atom is 0.197 e. The number of ketones is 1. The van der Waals surface area contributed by atoms with E-state index in [4.69, 9.17) is 11.6 Å². The molecule has 0 unspecified atom stereocenters. The standard InChI is InChI=1S/C17H12ClFO2/c1-11(20)6-7-12-8-9-13(18)10-15(12)17(21)14-4-2-3-5-16(14)19/h2-5,8-11,20H,1H3/t11-/m0/s1. The van der Waals surface area contributed by atoms with E-state index >= 15 is 0 Å². The number of rotatable bonds is 2. The minimum absolute atomic E-state index is 0.0418. The first-order chi connectivity index (χ1) is 9.99. The molecule has 0 aliphatic carbocycles. The van der Waals surface area contributed by atoms with Crippen molar-refractivity contribution in [3.05, 3.63) is 70.0 Å². The van der Waals surface area contributed by atoms with Gasteiger partial charge in [0.1, 0.15) is 11.9 Å². The van der Waals surface area contributed by atoms with E-state index in [1.807, 2.05) is 0 Å². The summed E-state index contributed by atoms with van der Waals surface area (Å²) in [6.45, 7) is 1.52. The minimum Gasteiger partial charge on any atom is -0.381 e. The Morgan fingerprint density at radius 2 is 1.95 bits per heavy atom. The van der Waals surface area contributed by atoms with E-state index in [2.05, 4.69) is 11.8 Å². The molecule has 2 rings (SSSR count). The Kier molecular flexibility index (Phi) is 4.74. The summed E-state index contributed by atoms with van der Waals surface area (Å²) >= 11 is 5.91. The van der Waals surface area contributed by atoms with Gasteiger partial charge >= 0.3 is 0 Å². The monoisotopic (exact) mass is 302 g/mol. The van der Waals surface area contributed by atoms with Gasteiger partial charge in [0, 0.05) is 16.1 Å². The third-order valence-corrected chi connectivity index (χ3v) is 3.00. The Morgan fingerprint density at radius 1 is 1.24 bits per heavy atom. The van der Waals surface area contributed by atoms with E-state index in [-0.39, 0.29) is 11.1 Å². The molecular formula is C17H12ClFO2. The number of aliphatic hydroxyl groups is 1. The van der Waals surface area contributed by atoms with Gasteiger partial charge in [0.2, 0.25) is 0 Å². The quantitative estimate of drug-likeness (QED) is 0.681. The number of halogens is 2. The smallest absolute Gasteiger partial charge is 0.197 e. The molecule has 0 spiro atoms. The van der Waals surface area contributed by atoms with E-state index in [0.29, 0.717) is 10.6 Å². The van der Waals surface area contributed by atoms with E-state index in [9.17, 15) is 14.3 Å². The molecule has 0 saturated heterocycles. The van der Waals surface area contributed by atoms with Crippen molar-refractivity contribution in [2.45, 2.75) is 13.0 Å². The van der Waals surface area contributed by atoms with Gasteiger partial charge in [-0.2, -0.15) is 0 Å².